The van der Waals surface area contributed by atoms with Gasteiger partial charge in [-0.3, -0.25) is 4.79 Å². The van der Waals surface area contributed by atoms with Crippen molar-refractivity contribution >= 4 is 5.91 Å². The standard InChI is InChI=1S/C19H26N4O2/c1-3-17-21-18(25-22-17)13-23(4-2)19(24)15-9-7-14(8-10-15)16-6-5-11-20-12-16/h7-10,16,20H,3-6,11-13H2,1-2H3. The van der Waals surface area contributed by atoms with E-state index in [1.165, 1.54) is 18.4 Å². The van der Waals surface area contributed by atoms with Gasteiger partial charge >= 0.3 is 0 Å². The molecule has 0 aliphatic carbocycles. The molecular weight excluding hydrogens is 316 g/mol. The molecule has 1 amide bonds. The molecule has 1 aliphatic heterocycles. The van der Waals surface area contributed by atoms with E-state index >= 15 is 0 Å². The van der Waals surface area contributed by atoms with E-state index in [1.54, 1.807) is 4.90 Å². The molecule has 1 fully saturated rings. The SMILES string of the molecule is CCc1noc(CN(CC)C(=O)c2ccc(C3CCCNC3)cc2)n1. The number of nitrogens with one attached hydrogen (secondary N) is 1. The number of carbonyl (C=O) groups is 1. The van der Waals surface area contributed by atoms with Gasteiger partial charge in [0.05, 0.1) is 0 Å². The molecule has 1 aromatic carbocycles. The average molecular weight is 342 g/mol. The number of benzene rings is 1. The Bertz CT molecular complexity index is 690. The van der Waals surface area contributed by atoms with Crippen molar-refractivity contribution in [1.29, 1.82) is 0 Å². The molecule has 1 aliphatic rings. The maximum Gasteiger partial charge on any atom is 0.254 e. The van der Waals surface area contributed by atoms with Crippen molar-refractivity contribution in [1.82, 2.24) is 20.4 Å². The predicted octanol–water partition coefficient (Wildman–Crippen LogP) is 2.76. The van der Waals surface area contributed by atoms with Crippen molar-refractivity contribution in [2.45, 2.75) is 45.6 Å². The maximum absolute atomic E-state index is 12.8. The molecule has 25 heavy (non-hydrogen) atoms. The lowest BCUT2D eigenvalue weighted by Crippen LogP contribution is -2.30. The van der Waals surface area contributed by atoms with Gasteiger partial charge in [0.1, 0.15) is 6.54 Å². The van der Waals surface area contributed by atoms with Crippen molar-refractivity contribution in [3.05, 3.63) is 47.1 Å². The van der Waals surface area contributed by atoms with Crippen molar-refractivity contribution in [3.63, 3.8) is 0 Å². The zero-order chi connectivity index (χ0) is 17.6. The first kappa shape index (κ1) is 17.6. The van der Waals surface area contributed by atoms with Gasteiger partial charge in [-0.25, -0.2) is 0 Å². The largest absolute Gasteiger partial charge is 0.337 e. The summed E-state index contributed by atoms with van der Waals surface area (Å²) < 4.78 is 5.21. The van der Waals surface area contributed by atoms with E-state index in [9.17, 15) is 4.79 Å². The van der Waals surface area contributed by atoms with E-state index in [1.807, 2.05) is 26.0 Å². The van der Waals surface area contributed by atoms with Gasteiger partial charge in [0.15, 0.2) is 5.82 Å². The molecular formula is C19H26N4O2. The fraction of sp³-hybridized carbons (Fsp3) is 0.526. The van der Waals surface area contributed by atoms with Crippen LogP contribution in [0.15, 0.2) is 28.8 Å². The number of hydrogen-bond donors (Lipinski definition) is 1. The molecule has 134 valence electrons. The predicted molar refractivity (Wildman–Crippen MR) is 95.4 cm³/mol. The molecule has 0 radical (unpaired) electrons. The Morgan fingerprint density at radius 1 is 1.32 bits per heavy atom. The molecule has 0 bridgehead atoms. The van der Waals surface area contributed by atoms with E-state index in [2.05, 4.69) is 27.6 Å². The fourth-order valence-corrected chi connectivity index (χ4v) is 3.21. The zero-order valence-corrected chi connectivity index (χ0v) is 15.0. The highest BCUT2D eigenvalue weighted by Crippen LogP contribution is 2.23. The number of hydrogen-bond acceptors (Lipinski definition) is 5. The highest BCUT2D eigenvalue weighted by Gasteiger charge is 2.19. The molecule has 3 rings (SSSR count). The Morgan fingerprint density at radius 3 is 2.72 bits per heavy atom. The van der Waals surface area contributed by atoms with Crippen molar-refractivity contribution < 1.29 is 9.32 Å². The summed E-state index contributed by atoms with van der Waals surface area (Å²) in [4.78, 5) is 18.8. The molecule has 1 atom stereocenters. The lowest BCUT2D eigenvalue weighted by Gasteiger charge is -2.23. The minimum atomic E-state index is -0.00734. The van der Waals surface area contributed by atoms with Crippen LogP contribution >= 0.6 is 0 Å². The zero-order valence-electron chi connectivity index (χ0n) is 15.0. The topological polar surface area (TPSA) is 71.3 Å². The molecule has 2 heterocycles. The first-order valence-corrected chi connectivity index (χ1v) is 9.12. The second-order valence-electron chi connectivity index (χ2n) is 6.44. The fourth-order valence-electron chi connectivity index (χ4n) is 3.21. The van der Waals surface area contributed by atoms with Crippen LogP contribution < -0.4 is 5.32 Å². The highest BCUT2D eigenvalue weighted by molar-refractivity contribution is 5.94. The summed E-state index contributed by atoms with van der Waals surface area (Å²) in [6.07, 6.45) is 3.14. The number of amides is 1. The molecule has 0 spiro atoms. The average Bonchev–Trinajstić information content (AvgIpc) is 3.14. The quantitative estimate of drug-likeness (QED) is 0.874. The summed E-state index contributed by atoms with van der Waals surface area (Å²) in [5.41, 5.74) is 2.00. The van der Waals surface area contributed by atoms with E-state index in [-0.39, 0.29) is 5.91 Å². The van der Waals surface area contributed by atoms with Gasteiger partial charge < -0.3 is 14.7 Å². The van der Waals surface area contributed by atoms with Crippen LogP contribution in [0.2, 0.25) is 0 Å². The van der Waals surface area contributed by atoms with Crippen LogP contribution in [0, 0.1) is 0 Å². The summed E-state index contributed by atoms with van der Waals surface area (Å²) in [5, 5.41) is 7.32. The minimum absolute atomic E-state index is 0.00734. The molecule has 1 saturated heterocycles. The van der Waals surface area contributed by atoms with Gasteiger partial charge in [0.25, 0.3) is 5.91 Å². The Hall–Kier alpha value is -2.21. The monoisotopic (exact) mass is 342 g/mol. The van der Waals surface area contributed by atoms with Gasteiger partial charge in [-0.1, -0.05) is 24.2 Å². The van der Waals surface area contributed by atoms with Gasteiger partial charge in [0.2, 0.25) is 5.89 Å². The van der Waals surface area contributed by atoms with Crippen LogP contribution in [0.4, 0.5) is 0 Å². The van der Waals surface area contributed by atoms with Gasteiger partial charge in [-0.15, -0.1) is 0 Å². The third-order valence-corrected chi connectivity index (χ3v) is 4.75. The summed E-state index contributed by atoms with van der Waals surface area (Å²) >= 11 is 0. The maximum atomic E-state index is 12.8. The van der Waals surface area contributed by atoms with Gasteiger partial charge in [0, 0.05) is 25.1 Å². The molecule has 1 unspecified atom stereocenters. The first-order chi connectivity index (χ1) is 12.2. The number of rotatable bonds is 6. The van der Waals surface area contributed by atoms with Gasteiger partial charge in [-0.2, -0.15) is 4.98 Å². The normalized spacial score (nSPS) is 17.4. The summed E-state index contributed by atoms with van der Waals surface area (Å²) in [7, 11) is 0. The van der Waals surface area contributed by atoms with Crippen LogP contribution in [0.1, 0.15) is 60.2 Å². The van der Waals surface area contributed by atoms with E-state index in [0.717, 1.165) is 19.5 Å². The number of piperidine rings is 1. The van der Waals surface area contributed by atoms with E-state index in [0.29, 0.717) is 36.3 Å². The lowest BCUT2D eigenvalue weighted by atomic mass is 9.91. The second kappa shape index (κ2) is 8.25. The third kappa shape index (κ3) is 4.25. The Balaban J connectivity index is 1.67. The molecule has 6 heteroatoms. The highest BCUT2D eigenvalue weighted by atomic mass is 16.5. The summed E-state index contributed by atoms with van der Waals surface area (Å²) in [6, 6.07) is 8.03. The molecule has 0 saturated carbocycles. The molecule has 1 aromatic heterocycles. The minimum Gasteiger partial charge on any atom is -0.337 e. The number of aromatic nitrogens is 2. The molecule has 2 aromatic rings. The van der Waals surface area contributed by atoms with Crippen molar-refractivity contribution in [2.24, 2.45) is 0 Å². The Labute approximate surface area is 148 Å². The van der Waals surface area contributed by atoms with E-state index in [4.69, 9.17) is 4.52 Å². The van der Waals surface area contributed by atoms with Crippen LogP contribution in [-0.2, 0) is 13.0 Å². The van der Waals surface area contributed by atoms with Gasteiger partial charge in [-0.05, 0) is 49.9 Å². The molecule has 6 nitrogen and oxygen atoms in total. The van der Waals surface area contributed by atoms with E-state index < -0.39 is 0 Å². The Kier molecular flexibility index (Phi) is 5.81. The lowest BCUT2D eigenvalue weighted by molar-refractivity contribution is 0.0734. The second-order valence-corrected chi connectivity index (χ2v) is 6.44. The van der Waals surface area contributed by atoms with Crippen molar-refractivity contribution in [2.75, 3.05) is 19.6 Å². The summed E-state index contributed by atoms with van der Waals surface area (Å²) in [5.74, 6) is 1.69. The van der Waals surface area contributed by atoms with Crippen LogP contribution in [0.5, 0.6) is 0 Å². The smallest absolute Gasteiger partial charge is 0.254 e. The Morgan fingerprint density at radius 2 is 2.12 bits per heavy atom. The van der Waals surface area contributed by atoms with Crippen molar-refractivity contribution in [3.8, 4) is 0 Å². The third-order valence-electron chi connectivity index (χ3n) is 4.75. The van der Waals surface area contributed by atoms with Crippen LogP contribution in [0.25, 0.3) is 0 Å². The first-order valence-electron chi connectivity index (χ1n) is 9.12. The van der Waals surface area contributed by atoms with Crippen LogP contribution in [-0.4, -0.2) is 40.6 Å². The summed E-state index contributed by atoms with van der Waals surface area (Å²) in [6.45, 7) is 6.99. The number of nitrogens with zero attached hydrogens (tertiary/aromatic N) is 3. The molecule has 1 N–H and O–H groups in total. The van der Waals surface area contributed by atoms with Crippen LogP contribution in [0.3, 0.4) is 0 Å². The number of aryl methyl sites for hydroxylation is 1. The number of carbonyl (C=O) groups excluding carboxylic acids is 1.